The number of sulfonamides is 1. The van der Waals surface area contributed by atoms with Gasteiger partial charge in [-0.15, -0.1) is 0 Å². The Kier molecular flexibility index (Phi) is 8.43. The van der Waals surface area contributed by atoms with Gasteiger partial charge in [-0.2, -0.15) is 13.2 Å². The number of methoxy groups -OCH3 is 1. The molecule has 2 N–H and O–H groups in total. The largest absolute Gasteiger partial charge is 0.491 e. The Morgan fingerprint density at radius 2 is 1.74 bits per heavy atom. The zero-order chi connectivity index (χ0) is 23.1. The highest BCUT2D eigenvalue weighted by Crippen LogP contribution is 2.35. The van der Waals surface area contributed by atoms with E-state index in [4.69, 9.17) is 9.47 Å². The topological polar surface area (TPSA) is 93.7 Å². The number of ether oxygens (including phenoxy) is 2. The number of hydrogen-bond donors (Lipinski definition) is 2. The molecule has 2 rings (SSSR count). The van der Waals surface area contributed by atoms with Crippen LogP contribution in [0.1, 0.15) is 29.3 Å². The van der Waals surface area contributed by atoms with Crippen LogP contribution in [-0.2, 0) is 20.9 Å². The second-order valence-electron chi connectivity index (χ2n) is 6.43. The van der Waals surface area contributed by atoms with Gasteiger partial charge in [0.2, 0.25) is 10.0 Å². The molecule has 170 valence electrons. The SMILES string of the molecule is CCCOc1ccc(C(F)(F)F)cc1NC(=O)c1ccc(S(=O)(=O)NCCOC)cc1. The average molecular weight is 460 g/mol. The van der Waals surface area contributed by atoms with Crippen molar-refractivity contribution >= 4 is 21.6 Å². The van der Waals surface area contributed by atoms with Crippen molar-refractivity contribution in [2.45, 2.75) is 24.4 Å². The van der Waals surface area contributed by atoms with Crippen LogP contribution in [0.5, 0.6) is 5.75 Å². The lowest BCUT2D eigenvalue weighted by molar-refractivity contribution is -0.137. The third-order valence-electron chi connectivity index (χ3n) is 4.04. The predicted molar refractivity (Wildman–Crippen MR) is 109 cm³/mol. The third-order valence-corrected chi connectivity index (χ3v) is 5.52. The van der Waals surface area contributed by atoms with Crippen molar-refractivity contribution in [2.24, 2.45) is 0 Å². The molecule has 0 aliphatic heterocycles. The van der Waals surface area contributed by atoms with Crippen molar-refractivity contribution in [3.63, 3.8) is 0 Å². The summed E-state index contributed by atoms with van der Waals surface area (Å²) in [5, 5.41) is 2.40. The molecule has 0 heterocycles. The molecule has 0 saturated heterocycles. The van der Waals surface area contributed by atoms with E-state index in [1.54, 1.807) is 0 Å². The summed E-state index contributed by atoms with van der Waals surface area (Å²) in [6, 6.07) is 7.80. The van der Waals surface area contributed by atoms with E-state index in [1.807, 2.05) is 6.92 Å². The van der Waals surface area contributed by atoms with Crippen LogP contribution in [0.4, 0.5) is 18.9 Å². The van der Waals surface area contributed by atoms with Crippen molar-refractivity contribution in [2.75, 3.05) is 32.2 Å². The van der Waals surface area contributed by atoms with Gasteiger partial charge in [-0.25, -0.2) is 13.1 Å². The quantitative estimate of drug-likeness (QED) is 0.528. The second-order valence-corrected chi connectivity index (χ2v) is 8.19. The highest BCUT2D eigenvalue weighted by molar-refractivity contribution is 7.89. The fraction of sp³-hybridized carbons (Fsp3) is 0.350. The molecule has 0 aromatic heterocycles. The molecule has 2 aromatic carbocycles. The Bertz CT molecular complexity index is 993. The van der Waals surface area contributed by atoms with Gasteiger partial charge in [0.25, 0.3) is 5.91 Å². The Labute approximate surface area is 178 Å². The number of benzene rings is 2. The Balaban J connectivity index is 2.22. The van der Waals surface area contributed by atoms with E-state index >= 15 is 0 Å². The third kappa shape index (κ3) is 6.94. The van der Waals surface area contributed by atoms with E-state index in [0.717, 1.165) is 18.2 Å². The van der Waals surface area contributed by atoms with Crippen LogP contribution in [0.3, 0.4) is 0 Å². The van der Waals surface area contributed by atoms with Crippen LogP contribution in [0.15, 0.2) is 47.4 Å². The Morgan fingerprint density at radius 3 is 2.32 bits per heavy atom. The number of carbonyl (C=O) groups excluding carboxylic acids is 1. The minimum absolute atomic E-state index is 0.0637. The molecule has 31 heavy (non-hydrogen) atoms. The van der Waals surface area contributed by atoms with E-state index in [0.29, 0.717) is 6.42 Å². The molecular formula is C20H23F3N2O5S. The van der Waals surface area contributed by atoms with Crippen LogP contribution < -0.4 is 14.8 Å². The van der Waals surface area contributed by atoms with Crippen molar-refractivity contribution in [3.05, 3.63) is 53.6 Å². The standard InChI is InChI=1S/C20H23F3N2O5S/c1-3-11-30-18-9-6-15(20(21,22)23)13-17(18)25-19(26)14-4-7-16(8-5-14)31(27,28)24-10-12-29-2/h4-9,13,24H,3,10-12H2,1-2H3,(H,25,26). The first-order valence-electron chi connectivity index (χ1n) is 9.32. The minimum atomic E-state index is -4.59. The summed E-state index contributed by atoms with van der Waals surface area (Å²) in [5.74, 6) is -0.610. The molecule has 0 fully saturated rings. The van der Waals surface area contributed by atoms with Crippen LogP contribution in [0.25, 0.3) is 0 Å². The molecule has 2 aromatic rings. The maximum absolute atomic E-state index is 13.1. The smallest absolute Gasteiger partial charge is 0.416 e. The van der Waals surface area contributed by atoms with Gasteiger partial charge in [-0.05, 0) is 48.9 Å². The number of anilines is 1. The molecule has 0 radical (unpaired) electrons. The first-order chi connectivity index (χ1) is 14.6. The van der Waals surface area contributed by atoms with Crippen LogP contribution in [0.2, 0.25) is 0 Å². The van der Waals surface area contributed by atoms with Crippen molar-refractivity contribution < 1.29 is 35.9 Å². The number of hydrogen-bond acceptors (Lipinski definition) is 5. The van der Waals surface area contributed by atoms with Gasteiger partial charge < -0.3 is 14.8 Å². The summed E-state index contributed by atoms with van der Waals surface area (Å²) in [4.78, 5) is 12.5. The van der Waals surface area contributed by atoms with Gasteiger partial charge in [0.05, 0.1) is 29.4 Å². The number of carbonyl (C=O) groups is 1. The van der Waals surface area contributed by atoms with E-state index in [9.17, 15) is 26.4 Å². The molecular weight excluding hydrogens is 437 g/mol. The number of halogens is 3. The zero-order valence-electron chi connectivity index (χ0n) is 17.0. The maximum Gasteiger partial charge on any atom is 0.416 e. The lowest BCUT2D eigenvalue weighted by atomic mass is 10.1. The average Bonchev–Trinajstić information content (AvgIpc) is 2.72. The number of rotatable bonds is 10. The second kappa shape index (κ2) is 10.6. The van der Waals surface area contributed by atoms with Gasteiger partial charge in [0, 0.05) is 19.2 Å². The number of nitrogens with one attached hydrogen (secondary N) is 2. The first kappa shape index (κ1) is 24.6. The lowest BCUT2D eigenvalue weighted by Crippen LogP contribution is -2.27. The van der Waals surface area contributed by atoms with Crippen molar-refractivity contribution in [1.82, 2.24) is 4.72 Å². The summed E-state index contributed by atoms with van der Waals surface area (Å²) in [7, 11) is -2.34. The molecule has 1 amide bonds. The zero-order valence-corrected chi connectivity index (χ0v) is 17.8. The summed E-state index contributed by atoms with van der Waals surface area (Å²) in [6.45, 7) is 2.37. The Hall–Kier alpha value is -2.63. The first-order valence-corrected chi connectivity index (χ1v) is 10.8. The highest BCUT2D eigenvalue weighted by atomic mass is 32.2. The summed E-state index contributed by atoms with van der Waals surface area (Å²) in [5.41, 5.74) is -1.00. The van der Waals surface area contributed by atoms with E-state index in [2.05, 4.69) is 10.0 Å². The number of alkyl halides is 3. The highest BCUT2D eigenvalue weighted by Gasteiger charge is 2.31. The van der Waals surface area contributed by atoms with Gasteiger partial charge >= 0.3 is 6.18 Å². The molecule has 0 atom stereocenters. The molecule has 0 aliphatic carbocycles. The Morgan fingerprint density at radius 1 is 1.06 bits per heavy atom. The molecule has 0 bridgehead atoms. The molecule has 0 unspecified atom stereocenters. The molecule has 7 nitrogen and oxygen atoms in total. The summed E-state index contributed by atoms with van der Waals surface area (Å²) in [6.07, 6.45) is -3.96. The number of amides is 1. The summed E-state index contributed by atoms with van der Waals surface area (Å²) >= 11 is 0. The van der Waals surface area contributed by atoms with E-state index in [1.165, 1.54) is 31.4 Å². The molecule has 0 spiro atoms. The minimum Gasteiger partial charge on any atom is -0.491 e. The van der Waals surface area contributed by atoms with Gasteiger partial charge in [-0.1, -0.05) is 6.92 Å². The normalized spacial score (nSPS) is 11.9. The van der Waals surface area contributed by atoms with Gasteiger partial charge in [0.1, 0.15) is 5.75 Å². The van der Waals surface area contributed by atoms with E-state index in [-0.39, 0.29) is 41.7 Å². The van der Waals surface area contributed by atoms with Crippen LogP contribution in [-0.4, -0.2) is 41.2 Å². The van der Waals surface area contributed by atoms with Crippen LogP contribution in [0, 0.1) is 0 Å². The van der Waals surface area contributed by atoms with Crippen molar-refractivity contribution in [3.8, 4) is 5.75 Å². The van der Waals surface area contributed by atoms with Crippen LogP contribution >= 0.6 is 0 Å². The summed E-state index contributed by atoms with van der Waals surface area (Å²) < 4.78 is 76.0. The fourth-order valence-electron chi connectivity index (χ4n) is 2.48. The van der Waals surface area contributed by atoms with Gasteiger partial charge in [-0.3, -0.25) is 4.79 Å². The maximum atomic E-state index is 13.1. The van der Waals surface area contributed by atoms with E-state index < -0.39 is 27.7 Å². The molecule has 0 saturated carbocycles. The molecule has 0 aliphatic rings. The lowest BCUT2D eigenvalue weighted by Gasteiger charge is -2.15. The fourth-order valence-corrected chi connectivity index (χ4v) is 3.50. The van der Waals surface area contributed by atoms with Gasteiger partial charge in [0.15, 0.2) is 0 Å². The molecule has 11 heteroatoms. The monoisotopic (exact) mass is 460 g/mol. The predicted octanol–water partition coefficient (Wildman–Crippen LogP) is 3.67. The van der Waals surface area contributed by atoms with Crippen molar-refractivity contribution in [1.29, 1.82) is 0 Å².